The monoisotopic (exact) mass is 422 g/mol. The van der Waals surface area contributed by atoms with Crippen LogP contribution in [-0.2, 0) is 18.9 Å². The maximum atomic E-state index is 13.3. The van der Waals surface area contributed by atoms with E-state index in [0.717, 1.165) is 4.57 Å². The quantitative estimate of drug-likeness (QED) is 0.462. The van der Waals surface area contributed by atoms with Crippen molar-refractivity contribution in [3.63, 3.8) is 0 Å². The number of fused-ring (bicyclic) bond motifs is 2. The van der Waals surface area contributed by atoms with Gasteiger partial charge in [0.25, 0.3) is 11.2 Å². The Balaban J connectivity index is 2.16. The van der Waals surface area contributed by atoms with Gasteiger partial charge in [0.1, 0.15) is 5.56 Å². The van der Waals surface area contributed by atoms with Crippen molar-refractivity contribution in [3.05, 3.63) is 90.6 Å². The lowest BCUT2D eigenvalue weighted by atomic mass is 9.97. The van der Waals surface area contributed by atoms with Crippen LogP contribution >= 0.6 is 0 Å². The zero-order chi connectivity index (χ0) is 22.4. The van der Waals surface area contributed by atoms with Crippen LogP contribution in [0.15, 0.2) is 58.1 Å². The molecular weight excluding hydrogens is 404 g/mol. The molecule has 31 heavy (non-hydrogen) atoms. The first-order chi connectivity index (χ1) is 14.7. The van der Waals surface area contributed by atoms with Gasteiger partial charge < -0.3 is 4.74 Å². The number of nitro benzene ring substituents is 1. The highest BCUT2D eigenvalue weighted by molar-refractivity contribution is 5.95. The minimum absolute atomic E-state index is 0.0245. The number of hydrogen-bond acceptors (Lipinski definition) is 6. The van der Waals surface area contributed by atoms with Gasteiger partial charge >= 0.3 is 5.69 Å². The number of non-ortho nitro benzene ring substituents is 1. The Labute approximate surface area is 175 Å². The number of para-hydroxylation sites is 2. The van der Waals surface area contributed by atoms with Crippen molar-refractivity contribution in [2.45, 2.75) is 13.0 Å². The van der Waals surface area contributed by atoms with Gasteiger partial charge in [-0.1, -0.05) is 24.3 Å². The number of carbonyl (C=O) groups is 1. The molecule has 0 aliphatic carbocycles. The van der Waals surface area contributed by atoms with E-state index in [-0.39, 0.29) is 22.9 Å². The average Bonchev–Trinajstić information content (AvgIpc) is 2.91. The Morgan fingerprint density at radius 2 is 1.77 bits per heavy atom. The number of ether oxygens (including phenoxy) is 1. The Kier molecular flexibility index (Phi) is 4.69. The van der Waals surface area contributed by atoms with Crippen LogP contribution in [0.1, 0.15) is 24.1 Å². The van der Waals surface area contributed by atoms with Gasteiger partial charge in [-0.05, 0) is 17.7 Å². The van der Waals surface area contributed by atoms with Gasteiger partial charge in [0.15, 0.2) is 5.75 Å². The largest absolute Gasteiger partial charge is 0.438 e. The first-order valence-corrected chi connectivity index (χ1v) is 9.33. The summed E-state index contributed by atoms with van der Waals surface area (Å²) in [6.07, 6.45) is 0. The van der Waals surface area contributed by atoms with Crippen LogP contribution in [0.3, 0.4) is 0 Å². The van der Waals surface area contributed by atoms with Gasteiger partial charge in [-0.2, -0.15) is 0 Å². The molecule has 2 heterocycles. The predicted molar refractivity (Wildman–Crippen MR) is 112 cm³/mol. The second-order valence-electron chi connectivity index (χ2n) is 7.14. The SMILES string of the molecule is CC(=O)N1c2ccccc2Oc2c(c(=O)n(C)c(=O)n2C)[C@H]1c1cccc([N+](=O)[O-])c1. The van der Waals surface area contributed by atoms with Crippen molar-refractivity contribution in [2.24, 2.45) is 14.1 Å². The summed E-state index contributed by atoms with van der Waals surface area (Å²) in [7, 11) is 2.78. The molecular formula is C21H18N4O6. The fraction of sp³-hybridized carbons (Fsp3) is 0.190. The highest BCUT2D eigenvalue weighted by atomic mass is 16.6. The average molecular weight is 422 g/mol. The van der Waals surface area contributed by atoms with Crippen LogP contribution in [0.5, 0.6) is 11.6 Å². The smallest absolute Gasteiger partial charge is 0.333 e. The third-order valence-electron chi connectivity index (χ3n) is 5.24. The Hall–Kier alpha value is -4.21. The fourth-order valence-electron chi connectivity index (χ4n) is 3.80. The van der Waals surface area contributed by atoms with Crippen molar-refractivity contribution >= 4 is 17.3 Å². The zero-order valence-corrected chi connectivity index (χ0v) is 16.9. The van der Waals surface area contributed by atoms with E-state index in [1.165, 1.54) is 48.7 Å². The Morgan fingerprint density at radius 3 is 2.45 bits per heavy atom. The minimum Gasteiger partial charge on any atom is -0.438 e. The van der Waals surface area contributed by atoms with E-state index in [0.29, 0.717) is 11.3 Å². The van der Waals surface area contributed by atoms with E-state index < -0.39 is 28.1 Å². The molecule has 1 aromatic heterocycles. The third-order valence-corrected chi connectivity index (χ3v) is 5.24. The minimum atomic E-state index is -1.05. The van der Waals surface area contributed by atoms with Gasteiger partial charge in [0.2, 0.25) is 11.8 Å². The molecule has 1 aliphatic heterocycles. The normalized spacial score (nSPS) is 14.8. The lowest BCUT2D eigenvalue weighted by Crippen LogP contribution is -2.43. The van der Waals surface area contributed by atoms with Crippen LogP contribution in [0.25, 0.3) is 0 Å². The molecule has 1 amide bonds. The molecule has 2 aromatic carbocycles. The van der Waals surface area contributed by atoms with Gasteiger partial charge in [-0.25, -0.2) is 4.79 Å². The molecule has 1 atom stereocenters. The molecule has 0 saturated carbocycles. The molecule has 4 rings (SSSR count). The molecule has 0 N–H and O–H groups in total. The summed E-state index contributed by atoms with van der Waals surface area (Å²) >= 11 is 0. The van der Waals surface area contributed by atoms with Crippen molar-refractivity contribution in [1.29, 1.82) is 0 Å². The van der Waals surface area contributed by atoms with E-state index in [9.17, 15) is 24.5 Å². The third kappa shape index (κ3) is 3.08. The van der Waals surface area contributed by atoms with Crippen LogP contribution < -0.4 is 20.9 Å². The molecule has 0 spiro atoms. The fourth-order valence-corrected chi connectivity index (χ4v) is 3.80. The molecule has 0 fully saturated rings. The number of amides is 1. The molecule has 1 aliphatic rings. The van der Waals surface area contributed by atoms with E-state index in [1.54, 1.807) is 30.3 Å². The lowest BCUT2D eigenvalue weighted by Gasteiger charge is -2.30. The number of rotatable bonds is 2. The number of anilines is 1. The van der Waals surface area contributed by atoms with Gasteiger partial charge in [0, 0.05) is 33.2 Å². The summed E-state index contributed by atoms with van der Waals surface area (Å²) in [6.45, 7) is 1.33. The maximum absolute atomic E-state index is 13.3. The van der Waals surface area contributed by atoms with Crippen LogP contribution in [0, 0.1) is 10.1 Å². The molecule has 0 bridgehead atoms. The van der Waals surface area contributed by atoms with E-state index in [2.05, 4.69) is 0 Å². The van der Waals surface area contributed by atoms with Crippen LogP contribution in [0.4, 0.5) is 11.4 Å². The van der Waals surface area contributed by atoms with Gasteiger partial charge in [-0.15, -0.1) is 0 Å². The molecule has 158 valence electrons. The van der Waals surface area contributed by atoms with E-state index >= 15 is 0 Å². The number of nitro groups is 1. The highest BCUT2D eigenvalue weighted by Crippen LogP contribution is 2.45. The standard InChI is InChI=1S/C21H18N4O6/c1-12(26)24-15-9-4-5-10-16(15)31-20-17(19(27)22(2)21(28)23(20)3)18(24)13-7-6-8-14(11-13)25(29)30/h4-11,18H,1-3H3/t18-/m1/s1. The van der Waals surface area contributed by atoms with Gasteiger partial charge in [0.05, 0.1) is 16.7 Å². The number of hydrogen-bond donors (Lipinski definition) is 0. The number of aromatic nitrogens is 2. The number of carbonyl (C=O) groups excluding carboxylic acids is 1. The zero-order valence-electron chi connectivity index (χ0n) is 16.9. The molecule has 10 heteroatoms. The predicted octanol–water partition coefficient (Wildman–Crippen LogP) is 2.24. The summed E-state index contributed by atoms with van der Waals surface area (Å²) in [5, 5.41) is 11.4. The number of benzene rings is 2. The number of nitrogens with zero attached hydrogens (tertiary/aromatic N) is 4. The summed E-state index contributed by atoms with van der Waals surface area (Å²) in [5.41, 5.74) is -0.720. The molecule has 10 nitrogen and oxygen atoms in total. The second kappa shape index (κ2) is 7.24. The van der Waals surface area contributed by atoms with Crippen molar-refractivity contribution in [1.82, 2.24) is 9.13 Å². The van der Waals surface area contributed by atoms with Crippen molar-refractivity contribution < 1.29 is 14.5 Å². The summed E-state index contributed by atoms with van der Waals surface area (Å²) in [4.78, 5) is 50.8. The first kappa shape index (κ1) is 20.1. The second-order valence-corrected chi connectivity index (χ2v) is 7.14. The van der Waals surface area contributed by atoms with E-state index in [1.807, 2.05) is 0 Å². The van der Waals surface area contributed by atoms with Crippen LogP contribution in [0.2, 0.25) is 0 Å². The Bertz CT molecular complexity index is 1360. The maximum Gasteiger partial charge on any atom is 0.333 e. The molecule has 0 unspecified atom stereocenters. The molecule has 3 aromatic rings. The first-order valence-electron chi connectivity index (χ1n) is 9.33. The highest BCUT2D eigenvalue weighted by Gasteiger charge is 2.38. The van der Waals surface area contributed by atoms with E-state index in [4.69, 9.17) is 4.74 Å². The summed E-state index contributed by atoms with van der Waals surface area (Å²) in [5.74, 6) is -0.160. The summed E-state index contributed by atoms with van der Waals surface area (Å²) < 4.78 is 8.08. The van der Waals surface area contributed by atoms with Crippen molar-refractivity contribution in [2.75, 3.05) is 4.90 Å². The molecule has 0 saturated heterocycles. The Morgan fingerprint density at radius 1 is 1.06 bits per heavy atom. The summed E-state index contributed by atoms with van der Waals surface area (Å²) in [6, 6.07) is 11.3. The molecule has 0 radical (unpaired) electrons. The van der Waals surface area contributed by atoms with Crippen molar-refractivity contribution in [3.8, 4) is 11.6 Å². The lowest BCUT2D eigenvalue weighted by molar-refractivity contribution is -0.384. The topological polar surface area (TPSA) is 117 Å². The van der Waals surface area contributed by atoms with Crippen LogP contribution in [-0.4, -0.2) is 20.0 Å². The van der Waals surface area contributed by atoms with Gasteiger partial charge in [-0.3, -0.25) is 33.7 Å².